The number of carbonyl (C=O) groups excluding carboxylic acids is 2. The summed E-state index contributed by atoms with van der Waals surface area (Å²) >= 11 is 0. The van der Waals surface area contributed by atoms with Crippen molar-refractivity contribution in [2.75, 3.05) is 39.5 Å². The Bertz CT molecular complexity index is 999. The van der Waals surface area contributed by atoms with Crippen LogP contribution in [0.1, 0.15) is 31.3 Å². The molecule has 1 fully saturated rings. The van der Waals surface area contributed by atoms with Gasteiger partial charge in [-0.25, -0.2) is 14.2 Å². The van der Waals surface area contributed by atoms with Gasteiger partial charge in [0.1, 0.15) is 23.7 Å². The average Bonchev–Trinajstić information content (AvgIpc) is 2.77. The predicted molar refractivity (Wildman–Crippen MR) is 115 cm³/mol. The standard InChI is InChI=1S/C22H27FN4O5/c1-22(2,3)32-21(29)25-12-15(11-23)14-31-16-4-5-17-18(10-16)24-13-19(26-17)20(28)27-6-8-30-9-7-27/h4-5,10-11,13H,6-9,12,14H2,1-3H3,(H,25,29)/b15-11+. The molecule has 0 bridgehead atoms. The summed E-state index contributed by atoms with van der Waals surface area (Å²) in [6, 6.07) is 5.01. The number of benzene rings is 1. The molecule has 2 aromatic rings. The van der Waals surface area contributed by atoms with E-state index in [-0.39, 0.29) is 30.3 Å². The van der Waals surface area contributed by atoms with Crippen LogP contribution in [0, 0.1) is 0 Å². The van der Waals surface area contributed by atoms with Crippen LogP contribution in [-0.4, -0.2) is 71.9 Å². The fraction of sp³-hybridized carbons (Fsp3) is 0.455. The molecule has 32 heavy (non-hydrogen) atoms. The topological polar surface area (TPSA) is 103 Å². The van der Waals surface area contributed by atoms with Crippen LogP contribution in [-0.2, 0) is 9.47 Å². The number of aromatic nitrogens is 2. The molecule has 0 spiro atoms. The molecule has 0 atom stereocenters. The summed E-state index contributed by atoms with van der Waals surface area (Å²) in [6.07, 6.45) is 1.18. The first kappa shape index (κ1) is 23.4. The summed E-state index contributed by atoms with van der Waals surface area (Å²) in [4.78, 5) is 34.7. The van der Waals surface area contributed by atoms with Gasteiger partial charge in [-0.15, -0.1) is 0 Å². The van der Waals surface area contributed by atoms with Crippen LogP contribution < -0.4 is 10.1 Å². The number of alkyl carbamates (subject to hydrolysis) is 1. The molecular weight excluding hydrogens is 419 g/mol. The van der Waals surface area contributed by atoms with E-state index in [2.05, 4.69) is 15.3 Å². The Morgan fingerprint density at radius 3 is 2.69 bits per heavy atom. The van der Waals surface area contributed by atoms with E-state index in [9.17, 15) is 14.0 Å². The van der Waals surface area contributed by atoms with E-state index in [0.29, 0.717) is 49.4 Å². The van der Waals surface area contributed by atoms with Gasteiger partial charge in [0.2, 0.25) is 0 Å². The molecule has 1 N–H and O–H groups in total. The minimum Gasteiger partial charge on any atom is -0.489 e. The molecule has 0 aliphatic carbocycles. The molecule has 0 radical (unpaired) electrons. The second kappa shape index (κ2) is 10.4. The Morgan fingerprint density at radius 1 is 1.25 bits per heavy atom. The lowest BCUT2D eigenvalue weighted by Gasteiger charge is -2.26. The van der Waals surface area contributed by atoms with Gasteiger partial charge in [0.25, 0.3) is 5.91 Å². The van der Waals surface area contributed by atoms with Crippen LogP contribution in [0.2, 0.25) is 0 Å². The zero-order valence-electron chi connectivity index (χ0n) is 18.4. The van der Waals surface area contributed by atoms with E-state index < -0.39 is 11.7 Å². The number of rotatable bonds is 6. The monoisotopic (exact) mass is 446 g/mol. The minimum absolute atomic E-state index is 0.0498. The molecule has 10 heteroatoms. The summed E-state index contributed by atoms with van der Waals surface area (Å²) in [5.41, 5.74) is 0.944. The molecule has 1 aliphatic heterocycles. The van der Waals surface area contributed by atoms with Crippen molar-refractivity contribution in [3.63, 3.8) is 0 Å². The molecule has 1 aliphatic rings. The molecule has 2 amide bonds. The lowest BCUT2D eigenvalue weighted by Crippen LogP contribution is -2.41. The second-order valence-electron chi connectivity index (χ2n) is 8.22. The summed E-state index contributed by atoms with van der Waals surface area (Å²) in [7, 11) is 0. The average molecular weight is 446 g/mol. The van der Waals surface area contributed by atoms with Crippen LogP contribution >= 0.6 is 0 Å². The van der Waals surface area contributed by atoms with Crippen molar-refractivity contribution in [1.82, 2.24) is 20.2 Å². The van der Waals surface area contributed by atoms with E-state index in [1.54, 1.807) is 43.9 Å². The maximum Gasteiger partial charge on any atom is 0.407 e. The molecule has 0 saturated carbocycles. The third-order valence-corrected chi connectivity index (χ3v) is 4.47. The molecular formula is C22H27FN4O5. The van der Waals surface area contributed by atoms with E-state index in [1.807, 2.05) is 0 Å². The highest BCUT2D eigenvalue weighted by molar-refractivity contribution is 5.94. The normalized spacial score (nSPS) is 14.9. The zero-order chi connectivity index (χ0) is 23.1. The second-order valence-corrected chi connectivity index (χ2v) is 8.22. The maximum atomic E-state index is 13.2. The molecule has 0 unspecified atom stereocenters. The first-order chi connectivity index (χ1) is 15.2. The third kappa shape index (κ3) is 6.61. The van der Waals surface area contributed by atoms with Crippen molar-refractivity contribution in [2.45, 2.75) is 26.4 Å². The number of nitrogens with zero attached hydrogens (tertiary/aromatic N) is 3. The Balaban J connectivity index is 1.58. The van der Waals surface area contributed by atoms with Gasteiger partial charge >= 0.3 is 6.09 Å². The van der Waals surface area contributed by atoms with E-state index in [0.717, 1.165) is 0 Å². The number of amides is 2. The number of nitrogens with one attached hydrogen (secondary N) is 1. The smallest absolute Gasteiger partial charge is 0.407 e. The summed E-state index contributed by atoms with van der Waals surface area (Å²) in [5, 5.41) is 2.48. The van der Waals surface area contributed by atoms with Gasteiger partial charge in [-0.2, -0.15) is 0 Å². The predicted octanol–water partition coefficient (Wildman–Crippen LogP) is 2.86. The zero-order valence-corrected chi connectivity index (χ0v) is 18.4. The van der Waals surface area contributed by atoms with Crippen molar-refractivity contribution in [3.05, 3.63) is 42.0 Å². The van der Waals surface area contributed by atoms with Crippen LogP contribution in [0.4, 0.5) is 9.18 Å². The molecule has 2 heterocycles. The number of ether oxygens (including phenoxy) is 3. The SMILES string of the molecule is CC(C)(C)OC(=O)NC/C(=C\F)COc1ccc2nc(C(=O)N3CCOCC3)cnc2c1. The van der Waals surface area contributed by atoms with Gasteiger partial charge in [0.05, 0.1) is 36.8 Å². The van der Waals surface area contributed by atoms with E-state index in [4.69, 9.17) is 14.2 Å². The number of morpholine rings is 1. The largest absolute Gasteiger partial charge is 0.489 e. The molecule has 172 valence electrons. The Kier molecular flexibility index (Phi) is 7.57. The number of carbonyl (C=O) groups is 2. The van der Waals surface area contributed by atoms with Gasteiger partial charge in [-0.1, -0.05) is 0 Å². The lowest BCUT2D eigenvalue weighted by atomic mass is 10.2. The van der Waals surface area contributed by atoms with Gasteiger partial charge in [0.15, 0.2) is 0 Å². The third-order valence-electron chi connectivity index (χ3n) is 4.47. The summed E-state index contributed by atoms with van der Waals surface area (Å²) in [6.45, 7) is 7.18. The molecule has 1 saturated heterocycles. The minimum atomic E-state index is -0.640. The maximum absolute atomic E-state index is 13.2. The Labute approximate surface area is 185 Å². The van der Waals surface area contributed by atoms with E-state index >= 15 is 0 Å². The van der Waals surface area contributed by atoms with Crippen molar-refractivity contribution in [1.29, 1.82) is 0 Å². The van der Waals surface area contributed by atoms with Gasteiger partial charge in [-0.3, -0.25) is 9.78 Å². The molecule has 3 rings (SSSR count). The fourth-order valence-electron chi connectivity index (χ4n) is 2.91. The van der Waals surface area contributed by atoms with Crippen molar-refractivity contribution in [3.8, 4) is 5.75 Å². The summed E-state index contributed by atoms with van der Waals surface area (Å²) in [5.74, 6) is 0.272. The fourth-order valence-corrected chi connectivity index (χ4v) is 2.91. The van der Waals surface area contributed by atoms with Crippen LogP contribution in [0.15, 0.2) is 36.3 Å². The van der Waals surface area contributed by atoms with Crippen molar-refractivity contribution < 1.29 is 28.2 Å². The highest BCUT2D eigenvalue weighted by Gasteiger charge is 2.20. The number of halogens is 1. The number of hydrogen-bond donors (Lipinski definition) is 1. The van der Waals surface area contributed by atoms with Crippen molar-refractivity contribution in [2.24, 2.45) is 0 Å². The van der Waals surface area contributed by atoms with E-state index in [1.165, 1.54) is 6.20 Å². The van der Waals surface area contributed by atoms with Gasteiger partial charge in [-0.05, 0) is 32.9 Å². The van der Waals surface area contributed by atoms with Crippen LogP contribution in [0.25, 0.3) is 11.0 Å². The van der Waals surface area contributed by atoms with Crippen LogP contribution in [0.3, 0.4) is 0 Å². The van der Waals surface area contributed by atoms with Crippen LogP contribution in [0.5, 0.6) is 5.75 Å². The summed E-state index contributed by atoms with van der Waals surface area (Å²) < 4.78 is 29.2. The van der Waals surface area contributed by atoms with Crippen molar-refractivity contribution >= 4 is 23.0 Å². The first-order valence-electron chi connectivity index (χ1n) is 10.3. The van der Waals surface area contributed by atoms with Gasteiger partial charge < -0.3 is 24.4 Å². The Morgan fingerprint density at radius 2 is 2.00 bits per heavy atom. The molecule has 9 nitrogen and oxygen atoms in total. The highest BCUT2D eigenvalue weighted by atomic mass is 19.1. The van der Waals surface area contributed by atoms with Gasteiger partial charge in [0, 0.05) is 31.3 Å². The lowest BCUT2D eigenvalue weighted by molar-refractivity contribution is 0.0299. The number of fused-ring (bicyclic) bond motifs is 1. The number of hydrogen-bond acceptors (Lipinski definition) is 7. The molecule has 1 aromatic heterocycles. The Hall–Kier alpha value is -3.27. The molecule has 1 aromatic carbocycles. The highest BCUT2D eigenvalue weighted by Crippen LogP contribution is 2.19. The quantitative estimate of drug-likeness (QED) is 0.728. The first-order valence-corrected chi connectivity index (χ1v) is 10.3.